The second kappa shape index (κ2) is 2.48. The first-order valence-corrected chi connectivity index (χ1v) is 3.34. The van der Waals surface area contributed by atoms with E-state index in [2.05, 4.69) is 0 Å². The van der Waals surface area contributed by atoms with Gasteiger partial charge in [-0.3, -0.25) is 4.79 Å². The van der Waals surface area contributed by atoms with Crippen LogP contribution in [-0.2, 0) is 9.53 Å². The Labute approximate surface area is 55.2 Å². The molecule has 0 radical (unpaired) electrons. The fraction of sp³-hybridized carbons (Fsp3) is 0.857. The Hall–Kier alpha value is -0.370. The maximum atomic E-state index is 10.9. The van der Waals surface area contributed by atoms with Gasteiger partial charge in [-0.1, -0.05) is 13.8 Å². The first-order chi connectivity index (χ1) is 4.20. The lowest BCUT2D eigenvalue weighted by Gasteiger charge is -1.98. The highest BCUT2D eigenvalue weighted by atomic mass is 16.6. The summed E-state index contributed by atoms with van der Waals surface area (Å²) in [4.78, 5) is 10.9. The van der Waals surface area contributed by atoms with Crippen LogP contribution in [0, 0.1) is 5.92 Å². The molecule has 1 saturated heterocycles. The average Bonchev–Trinajstić information content (AvgIpc) is 2.40. The number of hydrogen-bond acceptors (Lipinski definition) is 2. The summed E-state index contributed by atoms with van der Waals surface area (Å²) in [7, 11) is 0. The van der Waals surface area contributed by atoms with E-state index in [9.17, 15) is 4.79 Å². The van der Waals surface area contributed by atoms with Crippen LogP contribution in [0.1, 0.15) is 20.3 Å². The summed E-state index contributed by atoms with van der Waals surface area (Å²) in [6.45, 7) is 4.74. The second-order valence-corrected chi connectivity index (χ2v) is 2.89. The largest absolute Gasteiger partial charge is 0.365 e. The Morgan fingerprint density at radius 3 is 2.67 bits per heavy atom. The van der Waals surface area contributed by atoms with E-state index in [1.165, 1.54) is 0 Å². The molecule has 52 valence electrons. The topological polar surface area (TPSA) is 29.6 Å². The summed E-state index contributed by atoms with van der Waals surface area (Å²) < 4.78 is 4.82. The molecule has 2 nitrogen and oxygen atoms in total. The molecule has 1 rings (SSSR count). The van der Waals surface area contributed by atoms with Gasteiger partial charge >= 0.3 is 0 Å². The van der Waals surface area contributed by atoms with E-state index in [1.807, 2.05) is 13.8 Å². The average molecular weight is 128 g/mol. The van der Waals surface area contributed by atoms with Crippen molar-refractivity contribution in [2.75, 3.05) is 6.61 Å². The predicted octanol–water partition coefficient (Wildman–Crippen LogP) is 1.00. The minimum atomic E-state index is -0.0348. The lowest BCUT2D eigenvalue weighted by Crippen LogP contribution is -2.09. The van der Waals surface area contributed by atoms with Gasteiger partial charge in [-0.15, -0.1) is 0 Å². The highest BCUT2D eigenvalue weighted by Gasteiger charge is 2.30. The van der Waals surface area contributed by atoms with E-state index in [0.717, 1.165) is 0 Å². The van der Waals surface area contributed by atoms with Gasteiger partial charge in [-0.05, 0) is 5.92 Å². The van der Waals surface area contributed by atoms with E-state index in [4.69, 9.17) is 4.74 Å². The highest BCUT2D eigenvalue weighted by Crippen LogP contribution is 2.14. The van der Waals surface area contributed by atoms with Gasteiger partial charge in [-0.2, -0.15) is 0 Å². The Balaban J connectivity index is 2.18. The standard InChI is InChI=1S/C7H12O2/c1-5(2)3-6(8)7-4-9-7/h5,7H,3-4H2,1-2H3/t7-/m0/s1. The fourth-order valence-corrected chi connectivity index (χ4v) is 0.768. The van der Waals surface area contributed by atoms with Crippen molar-refractivity contribution < 1.29 is 9.53 Å². The molecular weight excluding hydrogens is 116 g/mol. The summed E-state index contributed by atoms with van der Waals surface area (Å²) in [5, 5.41) is 0. The monoisotopic (exact) mass is 128 g/mol. The molecule has 1 atom stereocenters. The van der Waals surface area contributed by atoms with E-state index >= 15 is 0 Å². The lowest BCUT2D eigenvalue weighted by molar-refractivity contribution is -0.120. The van der Waals surface area contributed by atoms with Crippen molar-refractivity contribution >= 4 is 5.78 Å². The Morgan fingerprint density at radius 2 is 2.33 bits per heavy atom. The molecule has 0 unspecified atom stereocenters. The normalized spacial score (nSPS) is 24.6. The van der Waals surface area contributed by atoms with Gasteiger partial charge in [-0.25, -0.2) is 0 Å². The third-order valence-corrected chi connectivity index (χ3v) is 1.30. The van der Waals surface area contributed by atoms with Crippen molar-refractivity contribution in [3.05, 3.63) is 0 Å². The maximum absolute atomic E-state index is 10.9. The van der Waals surface area contributed by atoms with Crippen LogP contribution in [0.3, 0.4) is 0 Å². The van der Waals surface area contributed by atoms with Crippen molar-refractivity contribution in [1.29, 1.82) is 0 Å². The summed E-state index contributed by atoms with van der Waals surface area (Å²) in [5.74, 6) is 0.742. The second-order valence-electron chi connectivity index (χ2n) is 2.89. The van der Waals surface area contributed by atoms with Crippen LogP contribution in [0.2, 0.25) is 0 Å². The molecule has 0 aliphatic carbocycles. The van der Waals surface area contributed by atoms with Crippen LogP contribution in [0.4, 0.5) is 0 Å². The molecule has 0 N–H and O–H groups in total. The van der Waals surface area contributed by atoms with Gasteiger partial charge in [0.25, 0.3) is 0 Å². The molecule has 0 amide bonds. The first kappa shape index (κ1) is 6.75. The Morgan fingerprint density at radius 1 is 1.78 bits per heavy atom. The molecule has 1 aliphatic rings. The van der Waals surface area contributed by atoms with Crippen molar-refractivity contribution in [1.82, 2.24) is 0 Å². The number of epoxide rings is 1. The van der Waals surface area contributed by atoms with Crippen LogP contribution >= 0.6 is 0 Å². The number of Topliss-reactive ketones (excluding diaryl/α,β-unsaturated/α-hetero) is 1. The Kier molecular flexibility index (Phi) is 1.86. The van der Waals surface area contributed by atoms with Crippen molar-refractivity contribution in [2.45, 2.75) is 26.4 Å². The van der Waals surface area contributed by atoms with Gasteiger partial charge < -0.3 is 4.74 Å². The molecule has 0 spiro atoms. The SMILES string of the molecule is CC(C)CC(=O)[C@@H]1CO1. The summed E-state index contributed by atoms with van der Waals surface area (Å²) >= 11 is 0. The molecule has 1 fully saturated rings. The molecule has 0 aromatic heterocycles. The zero-order chi connectivity index (χ0) is 6.85. The van der Waals surface area contributed by atoms with Crippen LogP contribution < -0.4 is 0 Å². The van der Waals surface area contributed by atoms with E-state index in [1.54, 1.807) is 0 Å². The van der Waals surface area contributed by atoms with Gasteiger partial charge in [0.05, 0.1) is 6.61 Å². The molecule has 1 heterocycles. The molecule has 1 aliphatic heterocycles. The molecule has 0 saturated carbocycles. The molecule has 0 bridgehead atoms. The minimum absolute atomic E-state index is 0.0348. The Bertz CT molecular complexity index is 114. The molecule has 0 aromatic rings. The van der Waals surface area contributed by atoms with Gasteiger partial charge in [0, 0.05) is 6.42 Å². The number of hydrogen-bond donors (Lipinski definition) is 0. The summed E-state index contributed by atoms with van der Waals surface area (Å²) in [6.07, 6.45) is 0.636. The van der Waals surface area contributed by atoms with Gasteiger partial charge in [0.2, 0.25) is 0 Å². The minimum Gasteiger partial charge on any atom is -0.365 e. The zero-order valence-electron chi connectivity index (χ0n) is 5.89. The van der Waals surface area contributed by atoms with E-state index in [-0.39, 0.29) is 11.9 Å². The predicted molar refractivity (Wildman–Crippen MR) is 34.2 cm³/mol. The molecule has 0 aromatic carbocycles. The van der Waals surface area contributed by atoms with Crippen LogP contribution in [0.25, 0.3) is 0 Å². The van der Waals surface area contributed by atoms with Crippen molar-refractivity contribution in [3.63, 3.8) is 0 Å². The summed E-state index contributed by atoms with van der Waals surface area (Å²) in [6, 6.07) is 0. The van der Waals surface area contributed by atoms with Crippen LogP contribution in [0.5, 0.6) is 0 Å². The smallest absolute Gasteiger partial charge is 0.164 e. The first-order valence-electron chi connectivity index (χ1n) is 3.34. The molecule has 2 heteroatoms. The van der Waals surface area contributed by atoms with Crippen molar-refractivity contribution in [2.24, 2.45) is 5.92 Å². The number of carbonyl (C=O) groups is 1. The highest BCUT2D eigenvalue weighted by molar-refractivity contribution is 5.85. The number of rotatable bonds is 3. The maximum Gasteiger partial charge on any atom is 0.164 e. The van der Waals surface area contributed by atoms with Gasteiger partial charge in [0.15, 0.2) is 5.78 Å². The quantitative estimate of drug-likeness (QED) is 0.531. The molecular formula is C7H12O2. The molecule has 9 heavy (non-hydrogen) atoms. The third-order valence-electron chi connectivity index (χ3n) is 1.30. The lowest BCUT2D eigenvalue weighted by atomic mass is 10.1. The zero-order valence-corrected chi connectivity index (χ0v) is 5.89. The number of ether oxygens (including phenoxy) is 1. The summed E-state index contributed by atoms with van der Waals surface area (Å²) in [5.41, 5.74) is 0. The number of ketones is 1. The fourth-order valence-electron chi connectivity index (χ4n) is 0.768. The van der Waals surface area contributed by atoms with E-state index in [0.29, 0.717) is 18.9 Å². The van der Waals surface area contributed by atoms with Crippen molar-refractivity contribution in [3.8, 4) is 0 Å². The van der Waals surface area contributed by atoms with E-state index < -0.39 is 0 Å². The van der Waals surface area contributed by atoms with Crippen LogP contribution in [-0.4, -0.2) is 18.5 Å². The third kappa shape index (κ3) is 2.14. The van der Waals surface area contributed by atoms with Gasteiger partial charge in [0.1, 0.15) is 6.10 Å². The van der Waals surface area contributed by atoms with Crippen LogP contribution in [0.15, 0.2) is 0 Å². The number of carbonyl (C=O) groups excluding carboxylic acids is 1.